The molecule has 2 saturated heterocycles. The average Bonchev–Trinajstić information content (AvgIpc) is 3.32. The van der Waals surface area contributed by atoms with Gasteiger partial charge in [-0.25, -0.2) is 0 Å². The predicted octanol–water partition coefficient (Wildman–Crippen LogP) is 4.97. The first-order chi connectivity index (χ1) is 15.4. The van der Waals surface area contributed by atoms with E-state index in [1.165, 1.54) is 11.1 Å². The van der Waals surface area contributed by atoms with Crippen LogP contribution in [0.5, 0.6) is 0 Å². The van der Waals surface area contributed by atoms with Crippen molar-refractivity contribution in [1.29, 1.82) is 0 Å². The fourth-order valence-electron chi connectivity index (χ4n) is 5.52. The van der Waals surface area contributed by atoms with Crippen LogP contribution in [0.1, 0.15) is 66.5 Å². The molecule has 4 unspecified atom stereocenters. The summed E-state index contributed by atoms with van der Waals surface area (Å²) in [5.74, 6) is 2.31. The topological polar surface area (TPSA) is 33.3 Å². The maximum atomic E-state index is 8.80. The van der Waals surface area contributed by atoms with Crippen LogP contribution in [0.15, 0.2) is 35.1 Å². The second-order valence-electron chi connectivity index (χ2n) is 9.85. The normalized spacial score (nSPS) is 46.2. The third-order valence-electron chi connectivity index (χ3n) is 6.66. The van der Waals surface area contributed by atoms with Crippen molar-refractivity contribution in [2.45, 2.75) is 83.4 Å². The highest BCUT2D eigenvalue weighted by atomic mass is 32.2. The van der Waals surface area contributed by atoms with E-state index in [1.807, 2.05) is 32.5 Å². The Bertz CT molecular complexity index is 890. The maximum absolute atomic E-state index is 8.80. The lowest BCUT2D eigenvalue weighted by molar-refractivity contribution is 0.0964. The lowest BCUT2D eigenvalue weighted by atomic mass is 9.77. The highest BCUT2D eigenvalue weighted by molar-refractivity contribution is 8.00. The molecule has 2 fully saturated rings. The zero-order chi connectivity index (χ0) is 23.8. The number of hydrogen-bond acceptors (Lipinski definition) is 4. The number of fused-ring (bicyclic) bond motifs is 4. The maximum Gasteiger partial charge on any atom is 0.157 e. The van der Waals surface area contributed by atoms with Crippen molar-refractivity contribution in [2.75, 3.05) is 5.75 Å². The molecule has 5 rings (SSSR count). The van der Waals surface area contributed by atoms with Crippen molar-refractivity contribution in [3.63, 3.8) is 0 Å². The third-order valence-corrected chi connectivity index (χ3v) is 7.92. The highest BCUT2D eigenvalue weighted by Crippen LogP contribution is 2.48. The minimum atomic E-state index is -2.07. The molecule has 0 aromatic carbocycles. The third kappa shape index (κ3) is 3.50. The van der Waals surface area contributed by atoms with Crippen molar-refractivity contribution in [2.24, 2.45) is 23.2 Å². The van der Waals surface area contributed by atoms with Gasteiger partial charge in [-0.15, -0.1) is 11.8 Å². The number of rotatable bonds is 2. The van der Waals surface area contributed by atoms with Gasteiger partial charge in [-0.3, -0.25) is 10.6 Å². The van der Waals surface area contributed by atoms with Gasteiger partial charge in [0, 0.05) is 36.5 Å². The number of nitrogens with one attached hydrogen (secondary N) is 2. The molecule has 1 aliphatic carbocycles. The van der Waals surface area contributed by atoms with Crippen molar-refractivity contribution in [1.82, 2.24) is 10.6 Å². The smallest absolute Gasteiger partial charge is 0.157 e. The number of hydrogen-bond donors (Lipinski definition) is 2. The van der Waals surface area contributed by atoms with Crippen molar-refractivity contribution in [3.05, 3.63) is 35.1 Å². The summed E-state index contributed by atoms with van der Waals surface area (Å²) in [7, 11) is 0. The van der Waals surface area contributed by atoms with Crippen LogP contribution < -0.4 is 10.6 Å². The van der Waals surface area contributed by atoms with E-state index in [2.05, 4.69) is 22.8 Å². The van der Waals surface area contributed by atoms with E-state index in [9.17, 15) is 0 Å². The molecule has 154 valence electrons. The second kappa shape index (κ2) is 7.21. The molecule has 0 bridgehead atoms. The van der Waals surface area contributed by atoms with Crippen molar-refractivity contribution < 1.29 is 11.6 Å². The Kier molecular flexibility index (Phi) is 3.69. The van der Waals surface area contributed by atoms with E-state index in [0.717, 1.165) is 37.2 Å². The Balaban J connectivity index is 1.37. The molecular formula is C24H36N2OS. The van der Waals surface area contributed by atoms with Crippen LogP contribution in [-0.2, 0) is 4.74 Å². The molecule has 0 aromatic heterocycles. The van der Waals surface area contributed by atoms with E-state index in [-0.39, 0.29) is 29.5 Å². The fourth-order valence-corrected chi connectivity index (χ4v) is 6.89. The Morgan fingerprint density at radius 3 is 3.04 bits per heavy atom. The van der Waals surface area contributed by atoms with Gasteiger partial charge in [0.1, 0.15) is 5.76 Å². The van der Waals surface area contributed by atoms with E-state index >= 15 is 0 Å². The first-order valence-electron chi connectivity index (χ1n) is 13.3. The molecule has 0 spiro atoms. The van der Waals surface area contributed by atoms with Crippen molar-refractivity contribution in [3.8, 4) is 0 Å². The van der Waals surface area contributed by atoms with E-state index in [0.29, 0.717) is 5.92 Å². The van der Waals surface area contributed by atoms with E-state index in [4.69, 9.17) is 11.6 Å². The summed E-state index contributed by atoms with van der Waals surface area (Å²) in [6.45, 7) is 3.91. The van der Waals surface area contributed by atoms with Crippen LogP contribution in [0.4, 0.5) is 0 Å². The van der Waals surface area contributed by atoms with Gasteiger partial charge in [0.25, 0.3) is 0 Å². The van der Waals surface area contributed by atoms with Gasteiger partial charge < -0.3 is 4.74 Å². The molecule has 0 amide bonds. The molecule has 2 N–H and O–H groups in total. The zero-order valence-corrected chi connectivity index (χ0v) is 17.9. The fraction of sp³-hybridized carbons (Fsp3) is 0.750. The van der Waals surface area contributed by atoms with Crippen LogP contribution >= 0.6 is 11.8 Å². The van der Waals surface area contributed by atoms with Gasteiger partial charge in [-0.05, 0) is 61.4 Å². The summed E-state index contributed by atoms with van der Waals surface area (Å²) in [5.41, 5.74) is 2.15. The zero-order valence-electron chi connectivity index (χ0n) is 22.1. The summed E-state index contributed by atoms with van der Waals surface area (Å²) in [6.07, 6.45) is 8.69. The number of allylic oxidation sites excluding steroid dienone is 1. The molecule has 5 aliphatic rings. The van der Waals surface area contributed by atoms with Crippen LogP contribution in [0.3, 0.4) is 0 Å². The minimum Gasteiger partial charge on any atom is -0.479 e. The number of thioether (sulfide) groups is 1. The Morgan fingerprint density at radius 2 is 2.21 bits per heavy atom. The lowest BCUT2D eigenvalue weighted by Crippen LogP contribution is -2.42. The molecule has 4 aliphatic heterocycles. The molecule has 4 heteroatoms. The first kappa shape index (κ1) is 14.3. The molecule has 0 radical (unpaired) electrons. The summed E-state index contributed by atoms with van der Waals surface area (Å²) >= 11 is 1.82. The van der Waals surface area contributed by atoms with Gasteiger partial charge in [0.2, 0.25) is 0 Å². The van der Waals surface area contributed by atoms with Gasteiger partial charge >= 0.3 is 0 Å². The van der Waals surface area contributed by atoms with Crippen LogP contribution in [-0.4, -0.2) is 29.4 Å². The monoisotopic (exact) mass is 405 g/mol. The van der Waals surface area contributed by atoms with E-state index < -0.39 is 24.7 Å². The molecule has 3 nitrogen and oxygen atoms in total. The molecule has 7 atom stereocenters. The quantitative estimate of drug-likeness (QED) is 0.635. The van der Waals surface area contributed by atoms with Gasteiger partial charge in [0.05, 0.1) is 5.37 Å². The highest BCUT2D eigenvalue weighted by Gasteiger charge is 2.46. The minimum absolute atomic E-state index is 0.0607. The van der Waals surface area contributed by atoms with Gasteiger partial charge in [0.15, 0.2) is 6.23 Å². The van der Waals surface area contributed by atoms with Crippen LogP contribution in [0.25, 0.3) is 0 Å². The Hall–Kier alpha value is -0.710. The Morgan fingerprint density at radius 1 is 1.32 bits per heavy atom. The van der Waals surface area contributed by atoms with Gasteiger partial charge in [-0.2, -0.15) is 0 Å². The SMILES string of the molecule is [2H]C([2H])([2H])C1C=CC2C(N1)OC1=C([C@H]3CC=C4C(N3)SC[C@@H]4C([2H])([2H])C(C)(C)C)CCC[C@H]12. The van der Waals surface area contributed by atoms with Crippen LogP contribution in [0.2, 0.25) is 0 Å². The predicted molar refractivity (Wildman–Crippen MR) is 118 cm³/mol. The molecule has 0 aromatic rings. The van der Waals surface area contributed by atoms with Crippen molar-refractivity contribution >= 4 is 11.8 Å². The lowest BCUT2D eigenvalue weighted by Gasteiger charge is -2.34. The molecule has 28 heavy (non-hydrogen) atoms. The second-order valence-corrected chi connectivity index (χ2v) is 11.0. The average molecular weight is 406 g/mol. The number of ether oxygens (including phenoxy) is 1. The van der Waals surface area contributed by atoms with Gasteiger partial charge in [-0.1, -0.05) is 39.0 Å². The van der Waals surface area contributed by atoms with E-state index in [1.54, 1.807) is 6.08 Å². The molecule has 0 saturated carbocycles. The standard InChI is InChI=1S/C24H36N2OS/c1-14-8-9-18-17-6-5-7-19(21(17)27-22(18)25-14)20-11-10-16-15(12-24(2,3)4)13-28-23(16)26-20/h8-10,14-15,17-18,20,22-23,25-26H,5-7,11-13H2,1-4H3/t14?,15-,17-,18?,20+,22?,23?/m0/s1/i1D3,12D2. The summed E-state index contributed by atoms with van der Waals surface area (Å²) in [6, 6.07) is -0.461. The first-order valence-corrected chi connectivity index (χ1v) is 11.8. The summed E-state index contributed by atoms with van der Waals surface area (Å²) < 4.78 is 47.3. The summed E-state index contributed by atoms with van der Waals surface area (Å²) in [5, 5.41) is 7.21. The summed E-state index contributed by atoms with van der Waals surface area (Å²) in [4.78, 5) is 0. The van der Waals surface area contributed by atoms with Crippen LogP contribution in [0, 0.1) is 23.2 Å². The molecular weight excluding hydrogens is 364 g/mol. The largest absolute Gasteiger partial charge is 0.479 e. The molecule has 4 heterocycles. The Labute approximate surface area is 181 Å².